The topological polar surface area (TPSA) is 46.2 Å². The van der Waals surface area contributed by atoms with Crippen molar-refractivity contribution in [2.75, 3.05) is 5.73 Å². The molecule has 1 atom stereocenters. The molecule has 0 fully saturated rings. The van der Waals surface area contributed by atoms with E-state index >= 15 is 0 Å². The van der Waals surface area contributed by atoms with Crippen LogP contribution in [0.25, 0.3) is 0 Å². The van der Waals surface area contributed by atoms with Gasteiger partial charge in [0, 0.05) is 21.8 Å². The number of hydrogen-bond acceptors (Lipinski definition) is 2. The third-order valence-corrected chi connectivity index (χ3v) is 3.02. The molecule has 0 saturated carbocycles. The van der Waals surface area contributed by atoms with Gasteiger partial charge in [-0.3, -0.25) is 0 Å². The van der Waals surface area contributed by atoms with E-state index in [4.69, 9.17) is 17.3 Å². The van der Waals surface area contributed by atoms with Gasteiger partial charge in [0.15, 0.2) is 0 Å². The molecule has 0 aliphatic carbocycles. The van der Waals surface area contributed by atoms with Crippen molar-refractivity contribution in [1.29, 1.82) is 0 Å². The summed E-state index contributed by atoms with van der Waals surface area (Å²) in [6.07, 6.45) is -1.10. The van der Waals surface area contributed by atoms with Crippen LogP contribution in [0, 0.1) is 12.7 Å². The third-order valence-electron chi connectivity index (χ3n) is 2.79. The number of rotatable bonds is 2. The van der Waals surface area contributed by atoms with Crippen LogP contribution in [-0.4, -0.2) is 5.11 Å². The Balaban J connectivity index is 2.47. The number of benzene rings is 2. The number of nitrogens with two attached hydrogens (primary N) is 1. The second kappa shape index (κ2) is 4.96. The van der Waals surface area contributed by atoms with Gasteiger partial charge in [-0.05, 0) is 25.1 Å². The zero-order valence-electron chi connectivity index (χ0n) is 9.82. The molecule has 0 bridgehead atoms. The molecule has 18 heavy (non-hydrogen) atoms. The molecule has 2 nitrogen and oxygen atoms in total. The fourth-order valence-electron chi connectivity index (χ4n) is 1.83. The van der Waals surface area contributed by atoms with Crippen molar-refractivity contribution >= 4 is 17.3 Å². The smallest absolute Gasteiger partial charge is 0.129 e. The maximum absolute atomic E-state index is 13.7. The predicted octanol–water partition coefficient (Wildman–Crippen LogP) is 3.45. The first-order valence-electron chi connectivity index (χ1n) is 5.48. The lowest BCUT2D eigenvalue weighted by Gasteiger charge is -2.15. The molecule has 0 heterocycles. The molecule has 2 aromatic rings. The van der Waals surface area contributed by atoms with E-state index in [2.05, 4.69) is 0 Å². The summed E-state index contributed by atoms with van der Waals surface area (Å²) in [6.45, 7) is 1.83. The van der Waals surface area contributed by atoms with Crippen LogP contribution >= 0.6 is 11.6 Å². The number of hydrogen-bond donors (Lipinski definition) is 2. The maximum Gasteiger partial charge on any atom is 0.129 e. The first-order chi connectivity index (χ1) is 8.49. The number of halogens is 2. The van der Waals surface area contributed by atoms with E-state index < -0.39 is 11.9 Å². The summed E-state index contributed by atoms with van der Waals surface area (Å²) in [5, 5.41) is 10.7. The highest BCUT2D eigenvalue weighted by Gasteiger charge is 2.17. The number of aryl methyl sites for hydroxylation is 1. The highest BCUT2D eigenvalue weighted by atomic mass is 35.5. The lowest BCUT2D eigenvalue weighted by Crippen LogP contribution is -2.06. The van der Waals surface area contributed by atoms with Crippen LogP contribution in [0.4, 0.5) is 10.1 Å². The van der Waals surface area contributed by atoms with Gasteiger partial charge in [0.05, 0.1) is 0 Å². The number of nitrogen functional groups attached to an aromatic ring is 1. The van der Waals surface area contributed by atoms with Gasteiger partial charge in [0.1, 0.15) is 11.9 Å². The van der Waals surface area contributed by atoms with E-state index in [1.165, 1.54) is 12.1 Å². The minimum atomic E-state index is -1.10. The zero-order valence-corrected chi connectivity index (χ0v) is 10.6. The molecular formula is C14H13ClFNO. The van der Waals surface area contributed by atoms with Gasteiger partial charge in [-0.1, -0.05) is 35.4 Å². The fraction of sp³-hybridized carbons (Fsp3) is 0.143. The lowest BCUT2D eigenvalue weighted by atomic mass is 9.98. The molecule has 0 radical (unpaired) electrons. The maximum atomic E-state index is 13.7. The van der Waals surface area contributed by atoms with Crippen molar-refractivity contribution in [3.8, 4) is 0 Å². The Morgan fingerprint density at radius 1 is 1.17 bits per heavy atom. The van der Waals surface area contributed by atoms with Gasteiger partial charge in [-0.15, -0.1) is 0 Å². The Labute approximate surface area is 110 Å². The molecule has 2 rings (SSSR count). The van der Waals surface area contributed by atoms with Crippen molar-refractivity contribution < 1.29 is 9.50 Å². The first kappa shape index (κ1) is 12.9. The van der Waals surface area contributed by atoms with Crippen molar-refractivity contribution in [2.45, 2.75) is 13.0 Å². The van der Waals surface area contributed by atoms with Crippen LogP contribution in [0.15, 0.2) is 36.4 Å². The molecule has 2 aromatic carbocycles. The molecule has 94 valence electrons. The van der Waals surface area contributed by atoms with Gasteiger partial charge in [-0.25, -0.2) is 4.39 Å². The lowest BCUT2D eigenvalue weighted by molar-refractivity contribution is 0.215. The molecule has 0 aromatic heterocycles. The summed E-state index contributed by atoms with van der Waals surface area (Å²) < 4.78 is 13.7. The Morgan fingerprint density at radius 2 is 1.89 bits per heavy atom. The summed E-state index contributed by atoms with van der Waals surface area (Å²) in [5.74, 6) is -0.456. The van der Waals surface area contributed by atoms with Gasteiger partial charge in [0.2, 0.25) is 0 Å². The molecule has 4 heteroatoms. The quantitative estimate of drug-likeness (QED) is 0.817. The molecule has 0 saturated heterocycles. The first-order valence-corrected chi connectivity index (χ1v) is 5.86. The largest absolute Gasteiger partial charge is 0.398 e. The van der Waals surface area contributed by atoms with Crippen LogP contribution in [0.1, 0.15) is 22.8 Å². The van der Waals surface area contributed by atoms with Crippen LogP contribution in [-0.2, 0) is 0 Å². The number of aliphatic hydroxyl groups excluding tert-OH is 1. The van der Waals surface area contributed by atoms with Crippen LogP contribution in [0.3, 0.4) is 0 Å². The van der Waals surface area contributed by atoms with E-state index in [1.807, 2.05) is 6.92 Å². The van der Waals surface area contributed by atoms with Gasteiger partial charge >= 0.3 is 0 Å². The highest BCUT2D eigenvalue weighted by molar-refractivity contribution is 6.30. The van der Waals surface area contributed by atoms with E-state index in [0.29, 0.717) is 16.3 Å². The SMILES string of the molecule is Cc1ccc(F)c(C(O)c2ccc(Cl)cc2N)c1. The summed E-state index contributed by atoms with van der Waals surface area (Å²) >= 11 is 5.79. The summed E-state index contributed by atoms with van der Waals surface area (Å²) in [7, 11) is 0. The van der Waals surface area contributed by atoms with Crippen LogP contribution < -0.4 is 5.73 Å². The summed E-state index contributed by atoms with van der Waals surface area (Å²) in [6, 6.07) is 9.34. The molecule has 0 spiro atoms. The van der Waals surface area contributed by atoms with Crippen molar-refractivity contribution in [3.05, 3.63) is 63.9 Å². The van der Waals surface area contributed by atoms with E-state index in [0.717, 1.165) is 5.56 Å². The Morgan fingerprint density at radius 3 is 2.56 bits per heavy atom. The van der Waals surface area contributed by atoms with Crippen molar-refractivity contribution in [1.82, 2.24) is 0 Å². The van der Waals surface area contributed by atoms with Gasteiger partial charge in [-0.2, -0.15) is 0 Å². The molecule has 1 unspecified atom stereocenters. The summed E-state index contributed by atoms with van der Waals surface area (Å²) in [4.78, 5) is 0. The number of anilines is 1. The average Bonchev–Trinajstić information content (AvgIpc) is 2.31. The van der Waals surface area contributed by atoms with Crippen LogP contribution in [0.5, 0.6) is 0 Å². The van der Waals surface area contributed by atoms with Crippen LogP contribution in [0.2, 0.25) is 5.02 Å². The minimum absolute atomic E-state index is 0.212. The zero-order chi connectivity index (χ0) is 13.3. The monoisotopic (exact) mass is 265 g/mol. The molecule has 0 aliphatic heterocycles. The minimum Gasteiger partial charge on any atom is -0.398 e. The molecule has 0 amide bonds. The Hall–Kier alpha value is -1.58. The average molecular weight is 266 g/mol. The molecule has 3 N–H and O–H groups in total. The normalized spacial score (nSPS) is 12.4. The summed E-state index contributed by atoms with van der Waals surface area (Å²) in [5.41, 5.74) is 7.66. The fourth-order valence-corrected chi connectivity index (χ4v) is 2.02. The van der Waals surface area contributed by atoms with E-state index in [1.54, 1.807) is 24.3 Å². The third kappa shape index (κ3) is 2.47. The number of aliphatic hydroxyl groups is 1. The van der Waals surface area contributed by atoms with Crippen molar-refractivity contribution in [3.63, 3.8) is 0 Å². The predicted molar refractivity (Wildman–Crippen MR) is 71.1 cm³/mol. The van der Waals surface area contributed by atoms with Crippen molar-refractivity contribution in [2.24, 2.45) is 0 Å². The second-order valence-corrected chi connectivity index (χ2v) is 4.64. The standard InChI is InChI=1S/C14H13ClFNO/c1-8-2-5-12(16)11(6-8)14(18)10-4-3-9(15)7-13(10)17/h2-7,14,18H,17H2,1H3. The highest BCUT2D eigenvalue weighted by Crippen LogP contribution is 2.30. The molecular weight excluding hydrogens is 253 g/mol. The molecule has 0 aliphatic rings. The van der Waals surface area contributed by atoms with E-state index in [-0.39, 0.29) is 5.56 Å². The Kier molecular flexibility index (Phi) is 3.55. The van der Waals surface area contributed by atoms with E-state index in [9.17, 15) is 9.50 Å². The van der Waals surface area contributed by atoms with Gasteiger partial charge in [0.25, 0.3) is 0 Å². The second-order valence-electron chi connectivity index (χ2n) is 4.20. The Bertz CT molecular complexity index is 586. The van der Waals surface area contributed by atoms with Gasteiger partial charge < -0.3 is 10.8 Å².